The SMILES string of the molecule is CCCC(=N)N1CCOCC1(C)C. The van der Waals surface area contributed by atoms with Gasteiger partial charge in [-0.3, -0.25) is 5.41 Å². The van der Waals surface area contributed by atoms with Gasteiger partial charge in [0.1, 0.15) is 0 Å². The number of hydrogen-bond acceptors (Lipinski definition) is 2. The quantitative estimate of drug-likeness (QED) is 0.525. The molecule has 0 aromatic rings. The highest BCUT2D eigenvalue weighted by Gasteiger charge is 2.31. The molecule has 0 aromatic heterocycles. The first-order valence-electron chi connectivity index (χ1n) is 5.01. The summed E-state index contributed by atoms with van der Waals surface area (Å²) in [6.07, 6.45) is 1.93. The Hall–Kier alpha value is -0.570. The number of hydrogen-bond donors (Lipinski definition) is 1. The lowest BCUT2D eigenvalue weighted by molar-refractivity contribution is -0.0163. The van der Waals surface area contributed by atoms with Gasteiger partial charge in [-0.1, -0.05) is 6.92 Å². The Bertz CT molecular complexity index is 189. The first-order valence-corrected chi connectivity index (χ1v) is 5.01. The Morgan fingerprint density at radius 3 is 2.77 bits per heavy atom. The largest absolute Gasteiger partial charge is 0.377 e. The Labute approximate surface area is 80.6 Å². The molecule has 0 bridgehead atoms. The molecule has 1 saturated heterocycles. The third-order valence-electron chi connectivity index (χ3n) is 2.46. The van der Waals surface area contributed by atoms with Crippen LogP contribution >= 0.6 is 0 Å². The van der Waals surface area contributed by atoms with E-state index >= 15 is 0 Å². The van der Waals surface area contributed by atoms with E-state index in [4.69, 9.17) is 10.1 Å². The Balaban J connectivity index is 2.59. The molecular formula is C10H20N2O. The second kappa shape index (κ2) is 4.09. The maximum absolute atomic E-state index is 7.91. The molecular weight excluding hydrogens is 164 g/mol. The fraction of sp³-hybridized carbons (Fsp3) is 0.900. The van der Waals surface area contributed by atoms with Crippen molar-refractivity contribution in [3.8, 4) is 0 Å². The summed E-state index contributed by atoms with van der Waals surface area (Å²) >= 11 is 0. The van der Waals surface area contributed by atoms with Crippen molar-refractivity contribution in [3.63, 3.8) is 0 Å². The van der Waals surface area contributed by atoms with E-state index in [0.717, 1.165) is 38.4 Å². The van der Waals surface area contributed by atoms with Crippen LogP contribution in [-0.4, -0.2) is 36.0 Å². The van der Waals surface area contributed by atoms with Gasteiger partial charge in [0.05, 0.1) is 24.6 Å². The number of ether oxygens (including phenoxy) is 1. The fourth-order valence-electron chi connectivity index (χ4n) is 1.73. The van der Waals surface area contributed by atoms with Gasteiger partial charge >= 0.3 is 0 Å². The molecule has 0 amide bonds. The van der Waals surface area contributed by atoms with Crippen molar-refractivity contribution in [3.05, 3.63) is 0 Å². The van der Waals surface area contributed by atoms with Gasteiger partial charge in [-0.25, -0.2) is 0 Å². The maximum atomic E-state index is 7.91. The zero-order chi connectivity index (χ0) is 9.90. The summed E-state index contributed by atoms with van der Waals surface area (Å²) in [5, 5.41) is 7.91. The van der Waals surface area contributed by atoms with Crippen LogP contribution in [0.1, 0.15) is 33.6 Å². The van der Waals surface area contributed by atoms with Crippen LogP contribution in [0.25, 0.3) is 0 Å². The third-order valence-corrected chi connectivity index (χ3v) is 2.46. The molecule has 0 unspecified atom stereocenters. The fourth-order valence-corrected chi connectivity index (χ4v) is 1.73. The van der Waals surface area contributed by atoms with Crippen LogP contribution in [0.2, 0.25) is 0 Å². The van der Waals surface area contributed by atoms with Gasteiger partial charge in [-0.2, -0.15) is 0 Å². The van der Waals surface area contributed by atoms with Crippen LogP contribution < -0.4 is 0 Å². The molecule has 1 rings (SSSR count). The number of amidine groups is 1. The molecule has 0 saturated carbocycles. The maximum Gasteiger partial charge on any atom is 0.0963 e. The molecule has 1 fully saturated rings. The van der Waals surface area contributed by atoms with Crippen LogP contribution in [0.3, 0.4) is 0 Å². The van der Waals surface area contributed by atoms with Crippen molar-refractivity contribution in [2.24, 2.45) is 0 Å². The van der Waals surface area contributed by atoms with Gasteiger partial charge < -0.3 is 9.64 Å². The van der Waals surface area contributed by atoms with Crippen LogP contribution in [0, 0.1) is 5.41 Å². The minimum Gasteiger partial charge on any atom is -0.377 e. The molecule has 0 radical (unpaired) electrons. The van der Waals surface area contributed by atoms with E-state index in [1.54, 1.807) is 0 Å². The lowest BCUT2D eigenvalue weighted by atomic mass is 10.0. The molecule has 1 aliphatic rings. The molecule has 0 aromatic carbocycles. The van der Waals surface area contributed by atoms with Crippen molar-refractivity contribution in [2.45, 2.75) is 39.2 Å². The van der Waals surface area contributed by atoms with Crippen molar-refractivity contribution in [1.29, 1.82) is 5.41 Å². The predicted octanol–water partition coefficient (Wildman–Crippen LogP) is 1.87. The smallest absolute Gasteiger partial charge is 0.0963 e. The Morgan fingerprint density at radius 1 is 1.54 bits per heavy atom. The molecule has 3 nitrogen and oxygen atoms in total. The molecule has 3 heteroatoms. The van der Waals surface area contributed by atoms with E-state index in [0.29, 0.717) is 0 Å². The number of nitrogens with one attached hydrogen (secondary N) is 1. The van der Waals surface area contributed by atoms with Crippen LogP contribution in [-0.2, 0) is 4.74 Å². The van der Waals surface area contributed by atoms with E-state index in [9.17, 15) is 0 Å². The molecule has 0 spiro atoms. The zero-order valence-corrected chi connectivity index (χ0v) is 8.89. The van der Waals surface area contributed by atoms with E-state index in [-0.39, 0.29) is 5.54 Å². The monoisotopic (exact) mass is 184 g/mol. The molecule has 76 valence electrons. The predicted molar refractivity (Wildman–Crippen MR) is 54.2 cm³/mol. The summed E-state index contributed by atoms with van der Waals surface area (Å²) < 4.78 is 5.40. The summed E-state index contributed by atoms with van der Waals surface area (Å²) in [6, 6.07) is 0. The number of rotatable bonds is 2. The minimum absolute atomic E-state index is 0.00447. The Morgan fingerprint density at radius 2 is 2.23 bits per heavy atom. The van der Waals surface area contributed by atoms with Crippen molar-refractivity contribution in [2.75, 3.05) is 19.8 Å². The first kappa shape index (κ1) is 10.5. The lowest BCUT2D eigenvalue weighted by Crippen LogP contribution is -2.55. The highest BCUT2D eigenvalue weighted by atomic mass is 16.5. The normalized spacial score (nSPS) is 21.6. The molecule has 1 N–H and O–H groups in total. The van der Waals surface area contributed by atoms with E-state index in [2.05, 4.69) is 25.7 Å². The summed E-state index contributed by atoms with van der Waals surface area (Å²) in [6.45, 7) is 8.75. The molecule has 0 atom stereocenters. The van der Waals surface area contributed by atoms with Gasteiger partial charge in [0, 0.05) is 13.0 Å². The number of nitrogens with zero attached hydrogens (tertiary/aromatic N) is 1. The topological polar surface area (TPSA) is 36.3 Å². The zero-order valence-electron chi connectivity index (χ0n) is 8.89. The summed E-state index contributed by atoms with van der Waals surface area (Å²) in [5.74, 6) is 0.760. The second-order valence-electron chi connectivity index (χ2n) is 4.21. The van der Waals surface area contributed by atoms with Gasteiger partial charge in [-0.15, -0.1) is 0 Å². The van der Waals surface area contributed by atoms with Crippen LogP contribution in [0.4, 0.5) is 0 Å². The minimum atomic E-state index is 0.00447. The highest BCUT2D eigenvalue weighted by Crippen LogP contribution is 2.20. The lowest BCUT2D eigenvalue weighted by Gasteiger charge is -2.43. The van der Waals surface area contributed by atoms with Crippen LogP contribution in [0.15, 0.2) is 0 Å². The van der Waals surface area contributed by atoms with Crippen LogP contribution in [0.5, 0.6) is 0 Å². The molecule has 1 aliphatic heterocycles. The summed E-state index contributed by atoms with van der Waals surface area (Å²) in [5.41, 5.74) is 0.00447. The second-order valence-corrected chi connectivity index (χ2v) is 4.21. The average Bonchev–Trinajstić information content (AvgIpc) is 2.03. The third kappa shape index (κ3) is 2.44. The molecule has 0 aliphatic carbocycles. The van der Waals surface area contributed by atoms with E-state index < -0.39 is 0 Å². The van der Waals surface area contributed by atoms with E-state index in [1.807, 2.05) is 0 Å². The number of morpholine rings is 1. The Kier molecular flexibility index (Phi) is 3.31. The van der Waals surface area contributed by atoms with Crippen molar-refractivity contribution in [1.82, 2.24) is 4.90 Å². The molecule has 13 heavy (non-hydrogen) atoms. The van der Waals surface area contributed by atoms with Crippen molar-refractivity contribution < 1.29 is 4.74 Å². The highest BCUT2D eigenvalue weighted by molar-refractivity contribution is 5.79. The van der Waals surface area contributed by atoms with Gasteiger partial charge in [0.25, 0.3) is 0 Å². The van der Waals surface area contributed by atoms with E-state index in [1.165, 1.54) is 0 Å². The summed E-state index contributed by atoms with van der Waals surface area (Å²) in [7, 11) is 0. The van der Waals surface area contributed by atoms with Crippen molar-refractivity contribution >= 4 is 5.84 Å². The average molecular weight is 184 g/mol. The first-order chi connectivity index (χ1) is 6.08. The molecule has 1 heterocycles. The summed E-state index contributed by atoms with van der Waals surface area (Å²) in [4.78, 5) is 2.17. The van der Waals surface area contributed by atoms with Gasteiger partial charge in [0.2, 0.25) is 0 Å². The van der Waals surface area contributed by atoms with Gasteiger partial charge in [0.15, 0.2) is 0 Å². The van der Waals surface area contributed by atoms with Gasteiger partial charge in [-0.05, 0) is 20.3 Å². The standard InChI is InChI=1S/C10H20N2O/c1-4-5-9(11)12-6-7-13-8-10(12,2)3/h11H,4-8H2,1-3H3.